The summed E-state index contributed by atoms with van der Waals surface area (Å²) in [5, 5.41) is 2.93. The summed E-state index contributed by atoms with van der Waals surface area (Å²) in [6, 6.07) is 27.8. The molecule has 0 radical (unpaired) electrons. The van der Waals surface area contributed by atoms with Crippen LogP contribution in [-0.4, -0.2) is 25.0 Å². The molecule has 0 aromatic heterocycles. The van der Waals surface area contributed by atoms with Crippen LogP contribution in [0.4, 0.5) is 0 Å². The van der Waals surface area contributed by atoms with E-state index < -0.39 is 17.4 Å². The van der Waals surface area contributed by atoms with Gasteiger partial charge in [0.2, 0.25) is 5.91 Å². The normalized spacial score (nSPS) is 11.9. The lowest BCUT2D eigenvalue weighted by Crippen LogP contribution is -2.52. The molecule has 0 saturated heterocycles. The standard InChI is InChI=1S/C26H24BrNO3/c1-19(27)18-23(24(29)31-2)28-25(30)26(20-12-6-3-7-13-20,21-14-8-4-9-15-21)22-16-10-5-11-17-22/h3-17,23H,1,18H2,2H3,(H,28,30)/t23-/m1/s1. The molecule has 0 aliphatic rings. The SMILES string of the molecule is C=C(Br)C[C@@H](NC(=O)C(c1ccccc1)(c1ccccc1)c1ccccc1)C(=O)OC. The van der Waals surface area contributed by atoms with Gasteiger partial charge in [-0.05, 0) is 21.2 Å². The van der Waals surface area contributed by atoms with E-state index in [1.54, 1.807) is 0 Å². The maximum absolute atomic E-state index is 14.1. The van der Waals surface area contributed by atoms with Crippen molar-refractivity contribution in [1.82, 2.24) is 5.32 Å². The largest absolute Gasteiger partial charge is 0.467 e. The van der Waals surface area contributed by atoms with E-state index in [1.807, 2.05) is 91.0 Å². The number of hydrogen-bond donors (Lipinski definition) is 1. The van der Waals surface area contributed by atoms with E-state index in [1.165, 1.54) is 7.11 Å². The summed E-state index contributed by atoms with van der Waals surface area (Å²) in [5.41, 5.74) is 1.23. The third kappa shape index (κ3) is 4.78. The fourth-order valence-corrected chi connectivity index (χ4v) is 4.11. The average Bonchev–Trinajstić information content (AvgIpc) is 2.80. The van der Waals surface area contributed by atoms with E-state index in [9.17, 15) is 9.59 Å². The molecule has 3 aromatic carbocycles. The highest BCUT2D eigenvalue weighted by Crippen LogP contribution is 2.39. The average molecular weight is 478 g/mol. The molecular formula is C26H24BrNO3. The first kappa shape index (κ1) is 22.5. The van der Waals surface area contributed by atoms with Crippen LogP contribution >= 0.6 is 15.9 Å². The van der Waals surface area contributed by atoms with Gasteiger partial charge in [0.25, 0.3) is 0 Å². The summed E-state index contributed by atoms with van der Waals surface area (Å²) in [7, 11) is 1.30. The Morgan fingerprint density at radius 3 is 1.58 bits per heavy atom. The van der Waals surface area contributed by atoms with Gasteiger partial charge in [-0.3, -0.25) is 4.79 Å². The van der Waals surface area contributed by atoms with Gasteiger partial charge in [0.15, 0.2) is 0 Å². The number of carbonyl (C=O) groups excluding carboxylic acids is 2. The second-order valence-corrected chi connectivity index (χ2v) is 8.24. The highest BCUT2D eigenvalue weighted by Gasteiger charge is 2.45. The minimum atomic E-state index is -1.16. The Balaban J connectivity index is 2.23. The Bertz CT molecular complexity index is 939. The molecule has 0 saturated carbocycles. The van der Waals surface area contributed by atoms with Crippen LogP contribution in [-0.2, 0) is 19.7 Å². The zero-order valence-corrected chi connectivity index (χ0v) is 18.8. The van der Waals surface area contributed by atoms with E-state index in [0.29, 0.717) is 4.48 Å². The van der Waals surface area contributed by atoms with Crippen LogP contribution in [0, 0.1) is 0 Å². The quantitative estimate of drug-likeness (QED) is 0.367. The van der Waals surface area contributed by atoms with Gasteiger partial charge in [-0.15, -0.1) is 0 Å². The summed E-state index contributed by atoms with van der Waals surface area (Å²) in [6.07, 6.45) is 0.215. The van der Waals surface area contributed by atoms with E-state index in [4.69, 9.17) is 4.74 Å². The zero-order chi connectivity index (χ0) is 22.3. The van der Waals surface area contributed by atoms with Gasteiger partial charge in [0.05, 0.1) is 7.11 Å². The number of esters is 1. The van der Waals surface area contributed by atoms with Crippen molar-refractivity contribution in [1.29, 1.82) is 0 Å². The highest BCUT2D eigenvalue weighted by molar-refractivity contribution is 9.11. The summed E-state index contributed by atoms with van der Waals surface area (Å²) < 4.78 is 5.52. The van der Waals surface area contributed by atoms with Crippen molar-refractivity contribution in [2.75, 3.05) is 7.11 Å². The van der Waals surface area contributed by atoms with E-state index >= 15 is 0 Å². The number of carbonyl (C=O) groups is 2. The molecule has 3 aromatic rings. The molecule has 0 fully saturated rings. The highest BCUT2D eigenvalue weighted by atomic mass is 79.9. The number of rotatable bonds is 8. The predicted octanol–water partition coefficient (Wildman–Crippen LogP) is 4.98. The van der Waals surface area contributed by atoms with Crippen LogP contribution in [0.25, 0.3) is 0 Å². The molecule has 158 valence electrons. The van der Waals surface area contributed by atoms with Crippen LogP contribution in [0.1, 0.15) is 23.1 Å². The van der Waals surface area contributed by atoms with Crippen LogP contribution in [0.5, 0.6) is 0 Å². The molecule has 3 rings (SSSR count). The molecular weight excluding hydrogens is 454 g/mol. The van der Waals surface area contributed by atoms with E-state index in [0.717, 1.165) is 16.7 Å². The number of ether oxygens (including phenoxy) is 1. The first-order chi connectivity index (χ1) is 15.0. The van der Waals surface area contributed by atoms with Gasteiger partial charge in [-0.25, -0.2) is 4.79 Å². The van der Waals surface area contributed by atoms with Crippen molar-refractivity contribution in [3.05, 3.63) is 119 Å². The van der Waals surface area contributed by atoms with Gasteiger partial charge in [-0.2, -0.15) is 0 Å². The van der Waals surface area contributed by atoms with Crippen molar-refractivity contribution in [2.45, 2.75) is 17.9 Å². The Morgan fingerprint density at radius 1 is 0.871 bits per heavy atom. The fraction of sp³-hybridized carbons (Fsp3) is 0.154. The fourth-order valence-electron chi connectivity index (χ4n) is 3.78. The number of methoxy groups -OCH3 is 1. The molecule has 0 spiro atoms. The van der Waals surface area contributed by atoms with Gasteiger partial charge < -0.3 is 10.1 Å². The minimum Gasteiger partial charge on any atom is -0.467 e. The minimum absolute atomic E-state index is 0.215. The maximum Gasteiger partial charge on any atom is 0.328 e. The predicted molar refractivity (Wildman–Crippen MR) is 126 cm³/mol. The van der Waals surface area contributed by atoms with E-state index in [2.05, 4.69) is 27.8 Å². The Labute approximate surface area is 191 Å². The topological polar surface area (TPSA) is 55.4 Å². The summed E-state index contributed by atoms with van der Waals surface area (Å²) in [4.78, 5) is 26.5. The van der Waals surface area contributed by atoms with Crippen LogP contribution < -0.4 is 5.32 Å². The number of nitrogens with one attached hydrogen (secondary N) is 1. The molecule has 0 heterocycles. The molecule has 31 heavy (non-hydrogen) atoms. The number of benzene rings is 3. The molecule has 0 aliphatic heterocycles. The first-order valence-corrected chi connectivity index (χ1v) is 10.7. The third-order valence-corrected chi connectivity index (χ3v) is 5.50. The number of hydrogen-bond acceptors (Lipinski definition) is 3. The van der Waals surface area contributed by atoms with Crippen molar-refractivity contribution < 1.29 is 14.3 Å². The summed E-state index contributed by atoms with van der Waals surface area (Å²) in [5.74, 6) is -0.850. The maximum atomic E-state index is 14.1. The molecule has 5 heteroatoms. The van der Waals surface area contributed by atoms with Gasteiger partial charge in [0.1, 0.15) is 11.5 Å². The van der Waals surface area contributed by atoms with Crippen LogP contribution in [0.3, 0.4) is 0 Å². The van der Waals surface area contributed by atoms with Crippen LogP contribution in [0.2, 0.25) is 0 Å². The molecule has 1 N–H and O–H groups in total. The molecule has 4 nitrogen and oxygen atoms in total. The third-order valence-electron chi connectivity index (χ3n) is 5.18. The Morgan fingerprint density at radius 2 is 1.26 bits per heavy atom. The molecule has 0 unspecified atom stereocenters. The summed E-state index contributed by atoms with van der Waals surface area (Å²) in [6.45, 7) is 3.81. The first-order valence-electron chi connectivity index (χ1n) is 9.88. The second kappa shape index (κ2) is 10.2. The molecule has 1 amide bonds. The lowest BCUT2D eigenvalue weighted by Gasteiger charge is -2.35. The number of amides is 1. The van der Waals surface area contributed by atoms with Gasteiger partial charge in [0, 0.05) is 6.42 Å². The van der Waals surface area contributed by atoms with Gasteiger partial charge in [-0.1, -0.05) is 114 Å². The Hall–Kier alpha value is -3.18. The van der Waals surface area contributed by atoms with Crippen molar-refractivity contribution in [3.63, 3.8) is 0 Å². The monoisotopic (exact) mass is 477 g/mol. The number of halogens is 1. The van der Waals surface area contributed by atoms with Crippen LogP contribution in [0.15, 0.2) is 102 Å². The molecule has 1 atom stereocenters. The lowest BCUT2D eigenvalue weighted by molar-refractivity contribution is -0.145. The molecule has 0 aliphatic carbocycles. The van der Waals surface area contributed by atoms with E-state index in [-0.39, 0.29) is 12.3 Å². The van der Waals surface area contributed by atoms with Crippen molar-refractivity contribution in [3.8, 4) is 0 Å². The molecule has 0 bridgehead atoms. The second-order valence-electron chi connectivity index (χ2n) is 7.12. The van der Waals surface area contributed by atoms with Crippen molar-refractivity contribution in [2.24, 2.45) is 0 Å². The zero-order valence-electron chi connectivity index (χ0n) is 17.3. The Kier molecular flexibility index (Phi) is 7.42. The lowest BCUT2D eigenvalue weighted by atomic mass is 9.68. The summed E-state index contributed by atoms with van der Waals surface area (Å²) >= 11 is 3.29. The van der Waals surface area contributed by atoms with Gasteiger partial charge >= 0.3 is 5.97 Å². The van der Waals surface area contributed by atoms with Crippen molar-refractivity contribution >= 4 is 27.8 Å². The smallest absolute Gasteiger partial charge is 0.328 e.